The fourth-order valence-corrected chi connectivity index (χ4v) is 4.35. The average molecular weight is 411 g/mol. The van der Waals surface area contributed by atoms with Crippen molar-refractivity contribution >= 4 is 23.4 Å². The van der Waals surface area contributed by atoms with Crippen molar-refractivity contribution in [3.8, 4) is 0 Å². The van der Waals surface area contributed by atoms with Crippen LogP contribution in [0, 0.1) is 11.3 Å². The topological polar surface area (TPSA) is 82.0 Å². The first-order valence-corrected chi connectivity index (χ1v) is 10.3. The quantitative estimate of drug-likeness (QED) is 0.677. The van der Waals surface area contributed by atoms with E-state index in [0.29, 0.717) is 42.7 Å². The Labute approximate surface area is 177 Å². The number of ether oxygens (including phenoxy) is 2. The Hall–Kier alpha value is -2.76. The summed E-state index contributed by atoms with van der Waals surface area (Å²) in [5.41, 5.74) is 3.05. The smallest absolute Gasteiger partial charge is 0.337 e. The van der Waals surface area contributed by atoms with Gasteiger partial charge in [0.25, 0.3) is 0 Å². The van der Waals surface area contributed by atoms with Gasteiger partial charge in [0, 0.05) is 29.3 Å². The van der Waals surface area contributed by atoms with Crippen LogP contribution in [-0.4, -0.2) is 37.2 Å². The molecule has 1 aromatic rings. The molecule has 0 saturated heterocycles. The van der Waals surface area contributed by atoms with Gasteiger partial charge in [0.05, 0.1) is 19.3 Å². The molecule has 0 amide bonds. The molecule has 1 aliphatic carbocycles. The van der Waals surface area contributed by atoms with E-state index in [1.165, 1.54) is 7.11 Å². The first-order valence-electron chi connectivity index (χ1n) is 10.3. The first kappa shape index (κ1) is 21.9. The minimum Gasteiger partial charge on any atom is -0.465 e. The number of Topliss-reactive ketones (excluding diaryl/α,β-unsaturated/α-hetero) is 1. The van der Waals surface area contributed by atoms with Crippen molar-refractivity contribution in [2.24, 2.45) is 16.3 Å². The Morgan fingerprint density at radius 2 is 1.83 bits per heavy atom. The highest BCUT2D eigenvalue weighted by atomic mass is 16.5. The lowest BCUT2D eigenvalue weighted by Gasteiger charge is -2.39. The number of hydrogen-bond acceptors (Lipinski definition) is 6. The zero-order valence-electron chi connectivity index (χ0n) is 18.3. The summed E-state index contributed by atoms with van der Waals surface area (Å²) in [6.45, 7) is 8.20. The summed E-state index contributed by atoms with van der Waals surface area (Å²) in [6, 6.07) is 6.89. The third-order valence-corrected chi connectivity index (χ3v) is 5.70. The van der Waals surface area contributed by atoms with Crippen molar-refractivity contribution in [3.05, 3.63) is 46.7 Å². The van der Waals surface area contributed by atoms with Gasteiger partial charge in [-0.15, -0.1) is 0 Å². The van der Waals surface area contributed by atoms with E-state index in [1.54, 1.807) is 24.3 Å². The molecule has 1 aromatic carbocycles. The highest BCUT2D eigenvalue weighted by molar-refractivity contribution is 6.09. The monoisotopic (exact) mass is 411 g/mol. The third-order valence-electron chi connectivity index (χ3n) is 5.70. The van der Waals surface area contributed by atoms with Gasteiger partial charge in [0.1, 0.15) is 5.92 Å². The molecule has 30 heavy (non-hydrogen) atoms. The van der Waals surface area contributed by atoms with Crippen LogP contribution >= 0.6 is 0 Å². The summed E-state index contributed by atoms with van der Waals surface area (Å²) in [5, 5.41) is 0. The summed E-state index contributed by atoms with van der Waals surface area (Å²) in [5.74, 6) is -1.92. The summed E-state index contributed by atoms with van der Waals surface area (Å²) < 4.78 is 10.2. The van der Waals surface area contributed by atoms with Crippen molar-refractivity contribution in [1.29, 1.82) is 0 Å². The predicted molar refractivity (Wildman–Crippen MR) is 113 cm³/mol. The number of aliphatic imine (C=N–C) groups is 1. The lowest BCUT2D eigenvalue weighted by atomic mass is 9.67. The number of esters is 2. The maximum Gasteiger partial charge on any atom is 0.337 e. The molecule has 1 aliphatic heterocycles. The Balaban J connectivity index is 2.10. The second-order valence-electron chi connectivity index (χ2n) is 8.79. The van der Waals surface area contributed by atoms with E-state index < -0.39 is 17.8 Å². The molecule has 6 nitrogen and oxygen atoms in total. The molecule has 160 valence electrons. The number of hydrogen-bond donors (Lipinski definition) is 0. The van der Waals surface area contributed by atoms with Gasteiger partial charge < -0.3 is 9.47 Å². The van der Waals surface area contributed by atoms with Crippen molar-refractivity contribution in [1.82, 2.24) is 0 Å². The van der Waals surface area contributed by atoms with Gasteiger partial charge in [-0.05, 0) is 42.9 Å². The molecule has 1 heterocycles. The fraction of sp³-hybridized carbons (Fsp3) is 0.500. The minimum atomic E-state index is -0.663. The second-order valence-corrected chi connectivity index (χ2v) is 8.79. The summed E-state index contributed by atoms with van der Waals surface area (Å²) in [4.78, 5) is 42.7. The van der Waals surface area contributed by atoms with Crippen LogP contribution in [0.4, 0.5) is 0 Å². The maximum atomic E-state index is 13.2. The van der Waals surface area contributed by atoms with Crippen LogP contribution in [0.1, 0.15) is 68.8 Å². The minimum absolute atomic E-state index is 0.0211. The van der Waals surface area contributed by atoms with Gasteiger partial charge >= 0.3 is 11.9 Å². The number of carbonyl (C=O) groups is 3. The molecule has 6 heteroatoms. The molecule has 0 N–H and O–H groups in total. The molecule has 0 bridgehead atoms. The average Bonchev–Trinajstić information content (AvgIpc) is 2.69. The number of allylic oxidation sites excluding steroid dienone is 2. The van der Waals surface area contributed by atoms with E-state index in [-0.39, 0.29) is 17.2 Å². The molecule has 2 atom stereocenters. The Morgan fingerprint density at radius 3 is 2.43 bits per heavy atom. The van der Waals surface area contributed by atoms with Crippen LogP contribution in [-0.2, 0) is 19.1 Å². The second kappa shape index (κ2) is 8.54. The van der Waals surface area contributed by atoms with Gasteiger partial charge in [-0.1, -0.05) is 32.9 Å². The van der Waals surface area contributed by atoms with Crippen LogP contribution in [0.3, 0.4) is 0 Å². The summed E-state index contributed by atoms with van der Waals surface area (Å²) in [6.07, 6.45) is 1.81. The molecule has 0 radical (unpaired) electrons. The highest BCUT2D eigenvalue weighted by Crippen LogP contribution is 2.47. The van der Waals surface area contributed by atoms with E-state index in [9.17, 15) is 14.4 Å². The maximum absolute atomic E-state index is 13.2. The molecular weight excluding hydrogens is 382 g/mol. The molecule has 0 aromatic heterocycles. The van der Waals surface area contributed by atoms with Crippen LogP contribution in [0.5, 0.6) is 0 Å². The van der Waals surface area contributed by atoms with Gasteiger partial charge in [-0.25, -0.2) is 4.79 Å². The lowest BCUT2D eigenvalue weighted by Crippen LogP contribution is -2.39. The standard InChI is InChI=1S/C24H29NO5/c1-6-11-30-23(28)19-14(2)25-17-12-24(3,4)13-18(26)21(17)20(19)15-7-9-16(10-8-15)22(27)29-5/h7-10,19-20H,6,11-13H2,1-5H3/t19?,20-/m0/s1. The molecule has 3 rings (SSSR count). The number of ketones is 1. The zero-order chi connectivity index (χ0) is 22.1. The Bertz CT molecular complexity index is 923. The van der Waals surface area contributed by atoms with Gasteiger partial charge in [0.2, 0.25) is 0 Å². The van der Waals surface area contributed by atoms with Gasteiger partial charge in [0.15, 0.2) is 5.78 Å². The van der Waals surface area contributed by atoms with Crippen LogP contribution in [0.2, 0.25) is 0 Å². The van der Waals surface area contributed by atoms with E-state index in [2.05, 4.69) is 13.8 Å². The zero-order valence-corrected chi connectivity index (χ0v) is 18.3. The van der Waals surface area contributed by atoms with Crippen LogP contribution in [0.25, 0.3) is 0 Å². The Morgan fingerprint density at radius 1 is 1.17 bits per heavy atom. The van der Waals surface area contributed by atoms with E-state index in [4.69, 9.17) is 14.5 Å². The fourth-order valence-electron chi connectivity index (χ4n) is 4.35. The SMILES string of the molecule is CCCOC(=O)C1C(C)=NC2=C(C(=O)CC(C)(C)C2)[C@H]1c1ccc(C(=O)OC)cc1. The van der Waals surface area contributed by atoms with Gasteiger partial charge in [-0.2, -0.15) is 0 Å². The lowest BCUT2D eigenvalue weighted by molar-refractivity contribution is -0.146. The highest BCUT2D eigenvalue weighted by Gasteiger charge is 2.46. The molecule has 0 saturated carbocycles. The third kappa shape index (κ3) is 4.23. The first-order chi connectivity index (χ1) is 14.2. The van der Waals surface area contributed by atoms with Crippen LogP contribution in [0.15, 0.2) is 40.5 Å². The van der Waals surface area contributed by atoms with Gasteiger partial charge in [-0.3, -0.25) is 14.6 Å². The van der Waals surface area contributed by atoms with Crippen molar-refractivity contribution in [2.45, 2.75) is 52.9 Å². The molecule has 0 spiro atoms. The molecule has 1 unspecified atom stereocenters. The van der Waals surface area contributed by atoms with Crippen molar-refractivity contribution < 1.29 is 23.9 Å². The largest absolute Gasteiger partial charge is 0.465 e. The normalized spacial score (nSPS) is 22.8. The molecule has 2 aliphatic rings. The molecular formula is C24H29NO5. The number of benzene rings is 1. The van der Waals surface area contributed by atoms with E-state index in [0.717, 1.165) is 11.3 Å². The van der Waals surface area contributed by atoms with E-state index in [1.807, 2.05) is 13.8 Å². The number of methoxy groups -OCH3 is 1. The Kier molecular flexibility index (Phi) is 6.25. The van der Waals surface area contributed by atoms with Crippen LogP contribution < -0.4 is 0 Å². The number of carbonyl (C=O) groups excluding carboxylic acids is 3. The summed E-state index contributed by atoms with van der Waals surface area (Å²) in [7, 11) is 1.33. The number of nitrogens with zero attached hydrogens (tertiary/aromatic N) is 1. The predicted octanol–water partition coefficient (Wildman–Crippen LogP) is 4.24. The van der Waals surface area contributed by atoms with Crippen molar-refractivity contribution in [2.75, 3.05) is 13.7 Å². The number of rotatable bonds is 5. The van der Waals surface area contributed by atoms with E-state index >= 15 is 0 Å². The molecule has 0 fully saturated rings. The summed E-state index contributed by atoms with van der Waals surface area (Å²) >= 11 is 0. The van der Waals surface area contributed by atoms with Crippen molar-refractivity contribution in [3.63, 3.8) is 0 Å².